The third-order valence-electron chi connectivity index (χ3n) is 3.08. The van der Waals surface area contributed by atoms with Crippen molar-refractivity contribution in [1.29, 1.82) is 0 Å². The number of furan rings is 1. The highest BCUT2D eigenvalue weighted by molar-refractivity contribution is 6.08. The molecule has 0 aromatic carbocycles. The number of hydrogen-bond acceptors (Lipinski definition) is 2. The van der Waals surface area contributed by atoms with Crippen molar-refractivity contribution in [3.05, 3.63) is 35.3 Å². The SMILES string of the molecule is Cc1cc(C(=O)C2=CCCCCCC2)co1. The second kappa shape index (κ2) is 5.15. The highest BCUT2D eigenvalue weighted by Gasteiger charge is 2.14. The van der Waals surface area contributed by atoms with E-state index in [4.69, 9.17) is 4.42 Å². The second-order valence-electron chi connectivity index (χ2n) is 4.46. The third-order valence-corrected chi connectivity index (χ3v) is 3.08. The molecular formula is C14H18O2. The summed E-state index contributed by atoms with van der Waals surface area (Å²) in [6.45, 7) is 1.86. The molecule has 0 bridgehead atoms. The van der Waals surface area contributed by atoms with Gasteiger partial charge in [0.25, 0.3) is 0 Å². The first kappa shape index (κ1) is 11.2. The Labute approximate surface area is 96.3 Å². The Balaban J connectivity index is 2.13. The lowest BCUT2D eigenvalue weighted by molar-refractivity contribution is 0.102. The van der Waals surface area contributed by atoms with E-state index in [1.54, 1.807) is 6.26 Å². The molecule has 0 fully saturated rings. The molecule has 16 heavy (non-hydrogen) atoms. The molecule has 1 heterocycles. The molecular weight excluding hydrogens is 200 g/mol. The van der Waals surface area contributed by atoms with Crippen molar-refractivity contribution in [1.82, 2.24) is 0 Å². The van der Waals surface area contributed by atoms with Crippen LogP contribution in [-0.2, 0) is 0 Å². The molecule has 0 atom stereocenters. The lowest BCUT2D eigenvalue weighted by Crippen LogP contribution is -2.04. The summed E-state index contributed by atoms with van der Waals surface area (Å²) >= 11 is 0. The van der Waals surface area contributed by atoms with E-state index in [0.717, 1.165) is 30.6 Å². The Morgan fingerprint density at radius 3 is 2.81 bits per heavy atom. The van der Waals surface area contributed by atoms with Crippen LogP contribution in [0.2, 0.25) is 0 Å². The molecule has 2 heteroatoms. The number of carbonyl (C=O) groups excluding carboxylic acids is 1. The van der Waals surface area contributed by atoms with Crippen LogP contribution in [0.5, 0.6) is 0 Å². The zero-order valence-electron chi connectivity index (χ0n) is 9.79. The monoisotopic (exact) mass is 218 g/mol. The molecule has 0 N–H and O–H groups in total. The van der Waals surface area contributed by atoms with Gasteiger partial charge in [-0.25, -0.2) is 0 Å². The molecule has 1 aliphatic rings. The maximum Gasteiger partial charge on any atom is 0.191 e. The molecule has 0 saturated carbocycles. The van der Waals surface area contributed by atoms with Gasteiger partial charge in [-0.1, -0.05) is 18.9 Å². The molecule has 1 aliphatic carbocycles. The predicted octanol–water partition coefficient (Wildman–Crippen LogP) is 4.05. The molecule has 0 unspecified atom stereocenters. The summed E-state index contributed by atoms with van der Waals surface area (Å²) in [5.41, 5.74) is 1.67. The number of Topliss-reactive ketones (excluding diaryl/α,β-unsaturated/α-hetero) is 1. The number of aryl methyl sites for hydroxylation is 1. The first-order valence-corrected chi connectivity index (χ1v) is 6.06. The number of rotatable bonds is 2. The first-order valence-electron chi connectivity index (χ1n) is 6.06. The molecule has 86 valence electrons. The Morgan fingerprint density at radius 1 is 1.25 bits per heavy atom. The number of hydrogen-bond donors (Lipinski definition) is 0. The third kappa shape index (κ3) is 2.63. The Morgan fingerprint density at radius 2 is 2.06 bits per heavy atom. The van der Waals surface area contributed by atoms with Crippen LogP contribution in [0, 0.1) is 6.92 Å². The van der Waals surface area contributed by atoms with Gasteiger partial charge in [0.2, 0.25) is 0 Å². The van der Waals surface area contributed by atoms with Gasteiger partial charge in [-0.2, -0.15) is 0 Å². The summed E-state index contributed by atoms with van der Waals surface area (Å²) in [5, 5.41) is 0. The highest BCUT2D eigenvalue weighted by atomic mass is 16.3. The van der Waals surface area contributed by atoms with Gasteiger partial charge in [-0.15, -0.1) is 0 Å². The van der Waals surface area contributed by atoms with E-state index in [1.807, 2.05) is 13.0 Å². The van der Waals surface area contributed by atoms with Gasteiger partial charge in [0.15, 0.2) is 5.78 Å². The predicted molar refractivity (Wildman–Crippen MR) is 63.6 cm³/mol. The second-order valence-corrected chi connectivity index (χ2v) is 4.46. The van der Waals surface area contributed by atoms with Crippen LogP contribution < -0.4 is 0 Å². The van der Waals surface area contributed by atoms with E-state index in [1.165, 1.54) is 19.3 Å². The Bertz CT molecular complexity index is 399. The minimum atomic E-state index is 0.152. The average molecular weight is 218 g/mol. The van der Waals surface area contributed by atoms with E-state index >= 15 is 0 Å². The van der Waals surface area contributed by atoms with Crippen LogP contribution >= 0.6 is 0 Å². The number of ketones is 1. The molecule has 2 nitrogen and oxygen atoms in total. The molecule has 0 saturated heterocycles. The topological polar surface area (TPSA) is 30.2 Å². The Hall–Kier alpha value is -1.31. The van der Waals surface area contributed by atoms with E-state index in [9.17, 15) is 4.79 Å². The van der Waals surface area contributed by atoms with Crippen molar-refractivity contribution in [2.45, 2.75) is 45.4 Å². The van der Waals surface area contributed by atoms with E-state index in [0.29, 0.717) is 5.56 Å². The van der Waals surface area contributed by atoms with Crippen LogP contribution in [0.3, 0.4) is 0 Å². The Kier molecular flexibility index (Phi) is 3.60. The zero-order valence-corrected chi connectivity index (χ0v) is 9.79. The average Bonchev–Trinajstić information content (AvgIpc) is 2.63. The van der Waals surface area contributed by atoms with Crippen LogP contribution in [0.4, 0.5) is 0 Å². The number of carbonyl (C=O) groups is 1. The van der Waals surface area contributed by atoms with Crippen molar-refractivity contribution < 1.29 is 9.21 Å². The smallest absolute Gasteiger partial charge is 0.191 e. The summed E-state index contributed by atoms with van der Waals surface area (Å²) < 4.78 is 5.18. The van der Waals surface area contributed by atoms with Gasteiger partial charge in [-0.3, -0.25) is 4.79 Å². The maximum absolute atomic E-state index is 12.1. The molecule has 0 aliphatic heterocycles. The van der Waals surface area contributed by atoms with Crippen LogP contribution in [0.25, 0.3) is 0 Å². The summed E-state index contributed by atoms with van der Waals surface area (Å²) in [4.78, 5) is 12.1. The summed E-state index contributed by atoms with van der Waals surface area (Å²) in [7, 11) is 0. The summed E-state index contributed by atoms with van der Waals surface area (Å²) in [6, 6.07) is 1.82. The van der Waals surface area contributed by atoms with Crippen molar-refractivity contribution in [2.75, 3.05) is 0 Å². The van der Waals surface area contributed by atoms with E-state index in [-0.39, 0.29) is 5.78 Å². The van der Waals surface area contributed by atoms with Crippen LogP contribution in [0.1, 0.15) is 54.6 Å². The van der Waals surface area contributed by atoms with Crippen LogP contribution in [-0.4, -0.2) is 5.78 Å². The van der Waals surface area contributed by atoms with Gasteiger partial charge in [0, 0.05) is 0 Å². The summed E-state index contributed by atoms with van der Waals surface area (Å²) in [6.07, 6.45) is 10.5. The van der Waals surface area contributed by atoms with Crippen molar-refractivity contribution >= 4 is 5.78 Å². The zero-order chi connectivity index (χ0) is 11.4. The molecule has 0 spiro atoms. The van der Waals surface area contributed by atoms with Gasteiger partial charge in [0.05, 0.1) is 5.56 Å². The lowest BCUT2D eigenvalue weighted by atomic mass is 9.95. The lowest BCUT2D eigenvalue weighted by Gasteiger charge is -2.09. The van der Waals surface area contributed by atoms with Gasteiger partial charge in [0.1, 0.15) is 12.0 Å². The molecule has 1 aromatic heterocycles. The fourth-order valence-electron chi connectivity index (χ4n) is 2.15. The fraction of sp³-hybridized carbons (Fsp3) is 0.500. The normalized spacial score (nSPS) is 17.4. The van der Waals surface area contributed by atoms with Crippen molar-refractivity contribution in [2.24, 2.45) is 0 Å². The maximum atomic E-state index is 12.1. The molecule has 1 aromatic rings. The van der Waals surface area contributed by atoms with Crippen molar-refractivity contribution in [3.8, 4) is 0 Å². The van der Waals surface area contributed by atoms with Gasteiger partial charge in [-0.05, 0) is 44.2 Å². The van der Waals surface area contributed by atoms with Crippen LogP contribution in [0.15, 0.2) is 28.4 Å². The first-order chi connectivity index (χ1) is 7.77. The largest absolute Gasteiger partial charge is 0.469 e. The van der Waals surface area contributed by atoms with Gasteiger partial charge < -0.3 is 4.42 Å². The minimum Gasteiger partial charge on any atom is -0.469 e. The highest BCUT2D eigenvalue weighted by Crippen LogP contribution is 2.21. The van der Waals surface area contributed by atoms with E-state index < -0.39 is 0 Å². The number of allylic oxidation sites excluding steroid dienone is 2. The van der Waals surface area contributed by atoms with E-state index in [2.05, 4.69) is 6.08 Å². The molecule has 0 amide bonds. The standard InChI is InChI=1S/C14H18O2/c1-11-9-13(10-16-11)14(15)12-7-5-3-2-4-6-8-12/h7,9-10H,2-6,8H2,1H3. The van der Waals surface area contributed by atoms with Crippen molar-refractivity contribution in [3.63, 3.8) is 0 Å². The summed E-state index contributed by atoms with van der Waals surface area (Å²) in [5.74, 6) is 0.952. The minimum absolute atomic E-state index is 0.152. The molecule has 2 rings (SSSR count). The quantitative estimate of drug-likeness (QED) is 0.701. The fourth-order valence-corrected chi connectivity index (χ4v) is 2.15. The van der Waals surface area contributed by atoms with Gasteiger partial charge >= 0.3 is 0 Å². The molecule has 0 radical (unpaired) electrons.